The van der Waals surface area contributed by atoms with Gasteiger partial charge in [0.2, 0.25) is 0 Å². The minimum atomic E-state index is -0.264. The van der Waals surface area contributed by atoms with Gasteiger partial charge in [-0.1, -0.05) is 36.8 Å². The number of fused-ring (bicyclic) bond motifs is 1. The summed E-state index contributed by atoms with van der Waals surface area (Å²) in [5.74, 6) is -0.411. The Kier molecular flexibility index (Phi) is 5.28. The molecule has 0 spiro atoms. The lowest BCUT2D eigenvalue weighted by Crippen LogP contribution is -2.27. The van der Waals surface area contributed by atoms with Crippen LogP contribution in [0.5, 0.6) is 0 Å². The highest BCUT2D eigenvalue weighted by Gasteiger charge is 2.27. The monoisotopic (exact) mass is 414 g/mol. The first kappa shape index (κ1) is 19.5. The number of aromatic nitrogens is 2. The van der Waals surface area contributed by atoms with E-state index < -0.39 is 0 Å². The van der Waals surface area contributed by atoms with E-state index in [0.717, 1.165) is 61.9 Å². The maximum atomic E-state index is 13.3. The molecule has 6 heteroatoms. The van der Waals surface area contributed by atoms with Crippen LogP contribution in [0.2, 0.25) is 0 Å². The number of anilines is 1. The van der Waals surface area contributed by atoms with E-state index in [1.165, 1.54) is 0 Å². The first-order valence-corrected chi connectivity index (χ1v) is 11.1. The van der Waals surface area contributed by atoms with E-state index in [2.05, 4.69) is 10.6 Å². The fourth-order valence-electron chi connectivity index (χ4n) is 4.20. The van der Waals surface area contributed by atoms with Crippen LogP contribution >= 0.6 is 0 Å². The molecule has 0 bridgehead atoms. The molecule has 5 rings (SSSR count). The molecule has 1 fully saturated rings. The number of benzene rings is 2. The van der Waals surface area contributed by atoms with Crippen LogP contribution in [-0.4, -0.2) is 27.6 Å². The topological polar surface area (TPSA) is 76.0 Å². The summed E-state index contributed by atoms with van der Waals surface area (Å²) in [7, 11) is 0. The summed E-state index contributed by atoms with van der Waals surface area (Å²) in [5, 5.41) is 10.7. The fraction of sp³-hybridized carbons (Fsp3) is 0.320. The predicted octanol–water partition coefficient (Wildman–Crippen LogP) is 4.29. The van der Waals surface area contributed by atoms with Crippen molar-refractivity contribution in [1.82, 2.24) is 15.1 Å². The van der Waals surface area contributed by atoms with Crippen molar-refractivity contribution in [1.29, 1.82) is 0 Å². The van der Waals surface area contributed by atoms with E-state index in [1.807, 2.05) is 47.1 Å². The van der Waals surface area contributed by atoms with Crippen molar-refractivity contribution in [2.24, 2.45) is 0 Å². The number of nitrogens with zero attached hydrogens (tertiary/aromatic N) is 2. The molecule has 2 aromatic carbocycles. The van der Waals surface area contributed by atoms with E-state index in [0.29, 0.717) is 16.9 Å². The highest BCUT2D eigenvalue weighted by molar-refractivity contribution is 6.09. The Labute approximate surface area is 181 Å². The van der Waals surface area contributed by atoms with Gasteiger partial charge in [0.05, 0.1) is 16.9 Å². The Balaban J connectivity index is 1.48. The van der Waals surface area contributed by atoms with Crippen molar-refractivity contribution in [2.45, 2.75) is 51.0 Å². The second-order valence-electron chi connectivity index (χ2n) is 8.33. The molecular weight excluding hydrogens is 388 g/mol. The Morgan fingerprint density at radius 3 is 2.42 bits per heavy atom. The van der Waals surface area contributed by atoms with Gasteiger partial charge in [-0.05, 0) is 62.8 Å². The highest BCUT2D eigenvalue weighted by atomic mass is 16.2. The van der Waals surface area contributed by atoms with Crippen LogP contribution in [0.15, 0.2) is 54.6 Å². The van der Waals surface area contributed by atoms with Gasteiger partial charge in [-0.2, -0.15) is 5.10 Å². The summed E-state index contributed by atoms with van der Waals surface area (Å²) in [6, 6.07) is 17.4. The molecule has 1 heterocycles. The lowest BCUT2D eigenvalue weighted by Gasteiger charge is -2.11. The van der Waals surface area contributed by atoms with Crippen molar-refractivity contribution in [2.75, 3.05) is 5.32 Å². The minimum absolute atomic E-state index is 0.146. The van der Waals surface area contributed by atoms with Crippen LogP contribution in [0.4, 0.5) is 5.69 Å². The first-order chi connectivity index (χ1) is 15.2. The third-order valence-corrected chi connectivity index (χ3v) is 5.98. The zero-order valence-electron chi connectivity index (χ0n) is 17.4. The Morgan fingerprint density at radius 1 is 0.871 bits per heavy atom. The average Bonchev–Trinajstić information content (AvgIpc) is 3.58. The molecule has 3 aromatic rings. The molecule has 2 aliphatic carbocycles. The number of hydrogen-bond acceptors (Lipinski definition) is 3. The standard InChI is InChI=1S/C25H26N4O2/c30-24(26-17-15-16-17)19-11-7-8-13-21(19)27-25(31)23-20-12-5-2-6-14-22(20)29(28-23)18-9-3-1-4-10-18/h1,3-4,7-11,13,17H,2,5-6,12,14-16H2,(H,26,30)(H,27,31). The van der Waals surface area contributed by atoms with Crippen molar-refractivity contribution in [3.63, 3.8) is 0 Å². The maximum Gasteiger partial charge on any atom is 0.276 e. The number of rotatable bonds is 5. The second-order valence-corrected chi connectivity index (χ2v) is 8.33. The van der Waals surface area contributed by atoms with Gasteiger partial charge in [0.25, 0.3) is 11.8 Å². The summed E-state index contributed by atoms with van der Waals surface area (Å²) in [5.41, 5.74) is 4.56. The summed E-state index contributed by atoms with van der Waals surface area (Å²) < 4.78 is 1.92. The van der Waals surface area contributed by atoms with Crippen molar-refractivity contribution < 1.29 is 9.59 Å². The number of carbonyl (C=O) groups is 2. The molecule has 6 nitrogen and oxygen atoms in total. The smallest absolute Gasteiger partial charge is 0.276 e. The number of para-hydroxylation sites is 2. The zero-order valence-corrected chi connectivity index (χ0v) is 17.4. The Hall–Kier alpha value is -3.41. The van der Waals surface area contributed by atoms with Gasteiger partial charge < -0.3 is 10.6 Å². The summed E-state index contributed by atoms with van der Waals surface area (Å²) in [4.78, 5) is 26.0. The molecule has 1 saturated carbocycles. The van der Waals surface area contributed by atoms with Gasteiger partial charge in [-0.3, -0.25) is 9.59 Å². The summed E-state index contributed by atoms with van der Waals surface area (Å²) >= 11 is 0. The van der Waals surface area contributed by atoms with Gasteiger partial charge in [0.1, 0.15) is 0 Å². The minimum Gasteiger partial charge on any atom is -0.349 e. The van der Waals surface area contributed by atoms with Gasteiger partial charge in [-0.15, -0.1) is 0 Å². The predicted molar refractivity (Wildman–Crippen MR) is 120 cm³/mol. The molecule has 1 aromatic heterocycles. The second kappa shape index (κ2) is 8.38. The van der Waals surface area contributed by atoms with Crippen LogP contribution in [0, 0.1) is 0 Å². The molecule has 31 heavy (non-hydrogen) atoms. The molecule has 2 amide bonds. The zero-order chi connectivity index (χ0) is 21.2. The van der Waals surface area contributed by atoms with Crippen LogP contribution in [0.3, 0.4) is 0 Å². The summed E-state index contributed by atoms with van der Waals surface area (Å²) in [6.07, 6.45) is 7.08. The van der Waals surface area contributed by atoms with E-state index in [9.17, 15) is 9.59 Å². The van der Waals surface area contributed by atoms with Crippen LogP contribution in [-0.2, 0) is 12.8 Å². The SMILES string of the molecule is O=C(NC1CC1)c1ccccc1NC(=O)c1nn(-c2ccccc2)c2c1CCCCC2. The molecule has 2 N–H and O–H groups in total. The molecule has 158 valence electrons. The first-order valence-electron chi connectivity index (χ1n) is 11.1. The van der Waals surface area contributed by atoms with Gasteiger partial charge in [0, 0.05) is 17.3 Å². The van der Waals surface area contributed by atoms with E-state index in [1.54, 1.807) is 12.1 Å². The molecular formula is C25H26N4O2. The van der Waals surface area contributed by atoms with E-state index in [-0.39, 0.29) is 17.9 Å². The molecule has 0 radical (unpaired) electrons. The number of nitrogens with one attached hydrogen (secondary N) is 2. The maximum absolute atomic E-state index is 13.3. The summed E-state index contributed by atoms with van der Waals surface area (Å²) in [6.45, 7) is 0. The van der Waals surface area contributed by atoms with Crippen LogP contribution in [0.25, 0.3) is 5.69 Å². The van der Waals surface area contributed by atoms with E-state index >= 15 is 0 Å². The average molecular weight is 415 g/mol. The normalized spacial score (nSPS) is 15.6. The van der Waals surface area contributed by atoms with Crippen LogP contribution < -0.4 is 10.6 Å². The number of amides is 2. The molecule has 0 unspecified atom stereocenters. The number of hydrogen-bond donors (Lipinski definition) is 2. The lowest BCUT2D eigenvalue weighted by atomic mass is 10.1. The molecule has 0 atom stereocenters. The third-order valence-electron chi connectivity index (χ3n) is 5.98. The molecule has 0 saturated heterocycles. The molecule has 2 aliphatic rings. The van der Waals surface area contributed by atoms with Gasteiger partial charge >= 0.3 is 0 Å². The fourth-order valence-corrected chi connectivity index (χ4v) is 4.20. The van der Waals surface area contributed by atoms with Crippen molar-refractivity contribution >= 4 is 17.5 Å². The lowest BCUT2D eigenvalue weighted by molar-refractivity contribution is 0.0952. The molecule has 0 aliphatic heterocycles. The van der Waals surface area contributed by atoms with Crippen molar-refractivity contribution in [3.8, 4) is 5.69 Å². The quantitative estimate of drug-likeness (QED) is 0.612. The highest BCUT2D eigenvalue weighted by Crippen LogP contribution is 2.28. The number of carbonyl (C=O) groups excluding carboxylic acids is 2. The third kappa shape index (κ3) is 4.10. The Bertz CT molecular complexity index is 1120. The largest absolute Gasteiger partial charge is 0.349 e. The van der Waals surface area contributed by atoms with E-state index in [4.69, 9.17) is 5.10 Å². The van der Waals surface area contributed by atoms with Crippen LogP contribution in [0.1, 0.15) is 64.2 Å². The Morgan fingerprint density at radius 2 is 1.61 bits per heavy atom. The van der Waals surface area contributed by atoms with Gasteiger partial charge in [-0.25, -0.2) is 4.68 Å². The van der Waals surface area contributed by atoms with Gasteiger partial charge in [0.15, 0.2) is 5.69 Å². The van der Waals surface area contributed by atoms with Crippen molar-refractivity contribution in [3.05, 3.63) is 77.1 Å².